The van der Waals surface area contributed by atoms with Crippen LogP contribution < -0.4 is 11.3 Å². The molecule has 0 aliphatic carbocycles. The third kappa shape index (κ3) is 3.91. The van der Waals surface area contributed by atoms with Gasteiger partial charge in [-0.1, -0.05) is 6.92 Å². The summed E-state index contributed by atoms with van der Waals surface area (Å²) in [6.07, 6.45) is 1.32. The molecule has 0 amide bonds. The Labute approximate surface area is 95.6 Å². The molecule has 1 rings (SSSR count). The Balaban J connectivity index is 2.57. The van der Waals surface area contributed by atoms with Crippen LogP contribution in [0.2, 0.25) is 0 Å². The Kier molecular flexibility index (Phi) is 5.25. The zero-order valence-corrected chi connectivity index (χ0v) is 10.4. The van der Waals surface area contributed by atoms with Gasteiger partial charge in [0.1, 0.15) is 0 Å². The Bertz CT molecular complexity index is 286. The lowest BCUT2D eigenvalue weighted by atomic mass is 10.2. The molecule has 86 valence electrons. The van der Waals surface area contributed by atoms with Crippen LogP contribution >= 0.6 is 11.3 Å². The number of rotatable bonds is 6. The first-order valence-electron chi connectivity index (χ1n) is 5.33. The summed E-state index contributed by atoms with van der Waals surface area (Å²) in [4.78, 5) is 2.63. The van der Waals surface area contributed by atoms with Crippen LogP contribution in [0.1, 0.15) is 36.6 Å². The fraction of sp³-hybridized carbons (Fsp3) is 0.636. The highest BCUT2D eigenvalue weighted by Crippen LogP contribution is 2.23. The molecule has 0 saturated carbocycles. The van der Waals surface area contributed by atoms with Gasteiger partial charge in [-0.3, -0.25) is 5.84 Å². The minimum atomic E-state index is 0.109. The molecule has 15 heavy (non-hydrogen) atoms. The number of nitrogens with two attached hydrogens (primary N) is 1. The largest absolute Gasteiger partial charge is 0.377 e. The first-order chi connectivity index (χ1) is 7.17. The van der Waals surface area contributed by atoms with Gasteiger partial charge < -0.3 is 4.74 Å². The summed E-state index contributed by atoms with van der Waals surface area (Å²) in [5.41, 5.74) is 2.80. The van der Waals surface area contributed by atoms with Gasteiger partial charge in [0.2, 0.25) is 0 Å². The van der Waals surface area contributed by atoms with Crippen molar-refractivity contribution >= 4 is 11.3 Å². The third-order valence-corrected chi connectivity index (χ3v) is 3.52. The Morgan fingerprint density at radius 3 is 2.67 bits per heavy atom. The van der Waals surface area contributed by atoms with E-state index in [9.17, 15) is 0 Å². The fourth-order valence-corrected chi connectivity index (χ4v) is 2.27. The maximum atomic E-state index is 5.56. The van der Waals surface area contributed by atoms with Gasteiger partial charge in [-0.15, -0.1) is 11.3 Å². The van der Waals surface area contributed by atoms with Gasteiger partial charge in [0, 0.05) is 9.75 Å². The summed E-state index contributed by atoms with van der Waals surface area (Å²) in [5.74, 6) is 5.52. The van der Waals surface area contributed by atoms with Crippen molar-refractivity contribution in [1.82, 2.24) is 5.43 Å². The molecule has 1 aromatic heterocycles. The first kappa shape index (κ1) is 12.6. The summed E-state index contributed by atoms with van der Waals surface area (Å²) < 4.78 is 5.56. The molecule has 0 radical (unpaired) electrons. The third-order valence-electron chi connectivity index (χ3n) is 2.17. The Morgan fingerprint density at radius 2 is 2.20 bits per heavy atom. The van der Waals surface area contributed by atoms with Crippen LogP contribution in [0.5, 0.6) is 0 Å². The standard InChI is InChI=1S/C11H20N2OS/c1-4-9-5-6-11(15-9)10(13-12)7-14-8(2)3/h5-6,8,10,13H,4,7,12H2,1-3H3. The fourth-order valence-electron chi connectivity index (χ4n) is 1.27. The van der Waals surface area contributed by atoms with E-state index in [0.717, 1.165) is 6.42 Å². The lowest BCUT2D eigenvalue weighted by Gasteiger charge is -2.16. The van der Waals surface area contributed by atoms with Crippen LogP contribution in [0, 0.1) is 0 Å². The number of hydrogen-bond donors (Lipinski definition) is 2. The number of ether oxygens (including phenoxy) is 1. The number of hydrazine groups is 1. The highest BCUT2D eigenvalue weighted by Gasteiger charge is 2.12. The minimum Gasteiger partial charge on any atom is -0.377 e. The van der Waals surface area contributed by atoms with Gasteiger partial charge in [-0.25, -0.2) is 5.43 Å². The smallest absolute Gasteiger partial charge is 0.0786 e. The van der Waals surface area contributed by atoms with E-state index >= 15 is 0 Å². The molecule has 3 N–H and O–H groups in total. The van der Waals surface area contributed by atoms with Crippen LogP contribution in [0.4, 0.5) is 0 Å². The van der Waals surface area contributed by atoms with E-state index in [2.05, 4.69) is 24.5 Å². The molecule has 4 heteroatoms. The molecule has 0 saturated heterocycles. The van der Waals surface area contributed by atoms with Crippen LogP contribution in [0.3, 0.4) is 0 Å². The van der Waals surface area contributed by atoms with Crippen molar-refractivity contribution in [3.8, 4) is 0 Å². The van der Waals surface area contributed by atoms with Crippen molar-refractivity contribution in [3.05, 3.63) is 21.9 Å². The van der Waals surface area contributed by atoms with Crippen molar-refractivity contribution < 1.29 is 4.74 Å². The molecule has 0 fully saturated rings. The Hall–Kier alpha value is -0.420. The lowest BCUT2D eigenvalue weighted by Crippen LogP contribution is -2.31. The van der Waals surface area contributed by atoms with E-state index in [0.29, 0.717) is 6.61 Å². The highest BCUT2D eigenvalue weighted by atomic mass is 32.1. The van der Waals surface area contributed by atoms with Gasteiger partial charge >= 0.3 is 0 Å². The molecule has 1 unspecified atom stereocenters. The number of aryl methyl sites for hydroxylation is 1. The minimum absolute atomic E-state index is 0.109. The summed E-state index contributed by atoms with van der Waals surface area (Å²) >= 11 is 1.79. The maximum Gasteiger partial charge on any atom is 0.0786 e. The summed E-state index contributed by atoms with van der Waals surface area (Å²) in [6.45, 7) is 6.84. The van der Waals surface area contributed by atoms with Crippen LogP contribution in [0.15, 0.2) is 12.1 Å². The zero-order chi connectivity index (χ0) is 11.3. The normalized spacial score (nSPS) is 13.4. The van der Waals surface area contributed by atoms with Gasteiger partial charge in [0.15, 0.2) is 0 Å². The monoisotopic (exact) mass is 228 g/mol. The second-order valence-corrected chi connectivity index (χ2v) is 4.96. The molecule has 3 nitrogen and oxygen atoms in total. The van der Waals surface area contributed by atoms with Crippen molar-refractivity contribution in [2.75, 3.05) is 6.61 Å². The Morgan fingerprint density at radius 1 is 1.47 bits per heavy atom. The quantitative estimate of drug-likeness (QED) is 0.580. The van der Waals surface area contributed by atoms with E-state index in [4.69, 9.17) is 10.6 Å². The molecule has 0 spiro atoms. The van der Waals surface area contributed by atoms with E-state index in [1.54, 1.807) is 11.3 Å². The summed E-state index contributed by atoms with van der Waals surface area (Å²) in [5, 5.41) is 0. The summed E-state index contributed by atoms with van der Waals surface area (Å²) in [6, 6.07) is 4.38. The molecule has 1 aromatic rings. The van der Waals surface area contributed by atoms with Crippen molar-refractivity contribution in [3.63, 3.8) is 0 Å². The average molecular weight is 228 g/mol. The molecule has 1 atom stereocenters. The van der Waals surface area contributed by atoms with Crippen LogP contribution in [-0.4, -0.2) is 12.7 Å². The first-order valence-corrected chi connectivity index (χ1v) is 6.15. The van der Waals surface area contributed by atoms with Gasteiger partial charge in [0.25, 0.3) is 0 Å². The van der Waals surface area contributed by atoms with Gasteiger partial charge in [-0.05, 0) is 32.4 Å². The van der Waals surface area contributed by atoms with E-state index in [-0.39, 0.29) is 12.1 Å². The molecule has 0 bridgehead atoms. The summed E-state index contributed by atoms with van der Waals surface area (Å²) in [7, 11) is 0. The number of hydrogen-bond acceptors (Lipinski definition) is 4. The maximum absolute atomic E-state index is 5.56. The van der Waals surface area contributed by atoms with E-state index in [1.807, 2.05) is 13.8 Å². The topological polar surface area (TPSA) is 47.3 Å². The van der Waals surface area contributed by atoms with Gasteiger partial charge in [-0.2, -0.15) is 0 Å². The SMILES string of the molecule is CCc1ccc(C(COC(C)C)NN)s1. The second-order valence-electron chi connectivity index (χ2n) is 3.76. The molecule has 0 aromatic carbocycles. The molecule has 1 heterocycles. The second kappa shape index (κ2) is 6.23. The van der Waals surface area contributed by atoms with Crippen molar-refractivity contribution in [1.29, 1.82) is 0 Å². The zero-order valence-electron chi connectivity index (χ0n) is 9.62. The van der Waals surface area contributed by atoms with Crippen molar-refractivity contribution in [2.24, 2.45) is 5.84 Å². The van der Waals surface area contributed by atoms with Crippen LogP contribution in [-0.2, 0) is 11.2 Å². The van der Waals surface area contributed by atoms with Crippen LogP contribution in [0.25, 0.3) is 0 Å². The molecular weight excluding hydrogens is 208 g/mol. The predicted octanol–water partition coefficient (Wildman–Crippen LogP) is 2.24. The highest BCUT2D eigenvalue weighted by molar-refractivity contribution is 7.12. The van der Waals surface area contributed by atoms with Crippen molar-refractivity contribution in [2.45, 2.75) is 39.3 Å². The predicted molar refractivity (Wildman–Crippen MR) is 64.8 cm³/mol. The van der Waals surface area contributed by atoms with E-state index in [1.165, 1.54) is 9.75 Å². The number of thiophene rings is 1. The average Bonchev–Trinajstić information content (AvgIpc) is 2.67. The lowest BCUT2D eigenvalue weighted by molar-refractivity contribution is 0.0618. The molecule has 0 aliphatic heterocycles. The molecule has 0 aliphatic rings. The van der Waals surface area contributed by atoms with E-state index < -0.39 is 0 Å². The molecular formula is C11H20N2OS. The van der Waals surface area contributed by atoms with Gasteiger partial charge in [0.05, 0.1) is 18.8 Å². The number of nitrogens with one attached hydrogen (secondary N) is 1.